The number of para-hydroxylation sites is 1. The molecule has 26 heavy (non-hydrogen) atoms. The van der Waals surface area contributed by atoms with E-state index in [9.17, 15) is 18.0 Å². The number of hydrogen-bond donors (Lipinski definition) is 1. The third-order valence-corrected chi connectivity index (χ3v) is 5.07. The summed E-state index contributed by atoms with van der Waals surface area (Å²) in [6, 6.07) is 8.47. The summed E-state index contributed by atoms with van der Waals surface area (Å²) in [5.74, 6) is -0.264. The lowest BCUT2D eigenvalue weighted by atomic mass is 10.1. The van der Waals surface area contributed by atoms with Gasteiger partial charge in [-0.3, -0.25) is 4.79 Å². The van der Waals surface area contributed by atoms with Gasteiger partial charge in [0.15, 0.2) is 0 Å². The molecular weight excluding hydrogens is 387 g/mol. The van der Waals surface area contributed by atoms with Gasteiger partial charge >= 0.3 is 6.18 Å². The van der Waals surface area contributed by atoms with Crippen LogP contribution in [-0.4, -0.2) is 21.4 Å². The van der Waals surface area contributed by atoms with Gasteiger partial charge in [-0.05, 0) is 30.5 Å². The van der Waals surface area contributed by atoms with E-state index < -0.39 is 22.9 Å². The number of nitrogens with one attached hydrogen (secondary N) is 1. The number of hydrogen-bond acceptors (Lipinski definition) is 6. The van der Waals surface area contributed by atoms with Crippen LogP contribution >= 0.6 is 23.1 Å². The zero-order chi connectivity index (χ0) is 18.7. The molecule has 5 nitrogen and oxygen atoms in total. The number of rotatable bonds is 5. The quantitative estimate of drug-likeness (QED) is 0.616. The number of carbonyl (C=O) groups is 1. The van der Waals surface area contributed by atoms with Crippen LogP contribution in [0.15, 0.2) is 51.4 Å². The highest BCUT2D eigenvalue weighted by molar-refractivity contribution is 8.00. The fourth-order valence-electron chi connectivity index (χ4n) is 2.04. The summed E-state index contributed by atoms with van der Waals surface area (Å²) in [5, 5.41) is 11.3. The van der Waals surface area contributed by atoms with Gasteiger partial charge in [0.25, 0.3) is 11.1 Å². The first-order valence-corrected chi connectivity index (χ1v) is 9.11. The molecule has 0 aliphatic rings. The highest BCUT2D eigenvalue weighted by Crippen LogP contribution is 2.35. The second kappa shape index (κ2) is 7.50. The number of nitrogens with zero attached hydrogens (tertiary/aromatic N) is 2. The maximum Gasteiger partial charge on any atom is 0.418 e. The smallest absolute Gasteiger partial charge is 0.410 e. The normalized spacial score (nSPS) is 12.8. The lowest BCUT2D eigenvalue weighted by molar-refractivity contribution is -0.137. The number of aromatic nitrogens is 2. The summed E-state index contributed by atoms with van der Waals surface area (Å²) in [6.45, 7) is 1.55. The van der Waals surface area contributed by atoms with E-state index in [2.05, 4.69) is 15.5 Å². The molecule has 0 bridgehead atoms. The predicted molar refractivity (Wildman–Crippen MR) is 93.0 cm³/mol. The standard InChI is InChI=1S/C16H12F3N3O2S2/c1-9(26-15-22-21-14(24-15)12-7-4-8-25-12)13(23)20-11-6-3-2-5-10(11)16(17,18)19/h2-9H,1H3,(H,20,23)/t9-/m1/s1. The third kappa shape index (κ3) is 4.25. The van der Waals surface area contributed by atoms with Crippen LogP contribution in [0.4, 0.5) is 18.9 Å². The minimum atomic E-state index is -4.55. The van der Waals surface area contributed by atoms with E-state index in [0.29, 0.717) is 5.89 Å². The van der Waals surface area contributed by atoms with Gasteiger partial charge in [-0.25, -0.2) is 0 Å². The molecule has 0 aliphatic heterocycles. The van der Waals surface area contributed by atoms with E-state index in [0.717, 1.165) is 22.7 Å². The van der Waals surface area contributed by atoms with Gasteiger partial charge in [0.1, 0.15) is 0 Å². The highest BCUT2D eigenvalue weighted by atomic mass is 32.2. The minimum Gasteiger partial charge on any atom is -0.410 e. The van der Waals surface area contributed by atoms with E-state index in [1.54, 1.807) is 6.92 Å². The van der Waals surface area contributed by atoms with Crippen LogP contribution in [0.1, 0.15) is 12.5 Å². The number of halogens is 3. The molecule has 0 saturated carbocycles. The topological polar surface area (TPSA) is 68.0 Å². The van der Waals surface area contributed by atoms with Crippen molar-refractivity contribution in [1.82, 2.24) is 10.2 Å². The number of thioether (sulfide) groups is 1. The Balaban J connectivity index is 1.68. The molecule has 0 radical (unpaired) electrons. The lowest BCUT2D eigenvalue weighted by Crippen LogP contribution is -2.24. The molecule has 2 aromatic heterocycles. The fourth-order valence-corrected chi connectivity index (χ4v) is 3.36. The van der Waals surface area contributed by atoms with Crippen molar-refractivity contribution in [3.63, 3.8) is 0 Å². The molecule has 10 heteroatoms. The van der Waals surface area contributed by atoms with Gasteiger partial charge < -0.3 is 9.73 Å². The van der Waals surface area contributed by atoms with Gasteiger partial charge in [0.2, 0.25) is 5.91 Å². The van der Waals surface area contributed by atoms with Crippen LogP contribution in [0.25, 0.3) is 10.8 Å². The van der Waals surface area contributed by atoms with E-state index in [-0.39, 0.29) is 10.9 Å². The Morgan fingerprint density at radius 2 is 2.00 bits per heavy atom. The van der Waals surface area contributed by atoms with Crippen molar-refractivity contribution < 1.29 is 22.4 Å². The molecule has 136 valence electrons. The molecule has 3 rings (SSSR count). The van der Waals surface area contributed by atoms with E-state index in [4.69, 9.17) is 4.42 Å². The summed E-state index contributed by atoms with van der Waals surface area (Å²) in [6.07, 6.45) is -4.55. The number of thiophene rings is 1. The predicted octanol–water partition coefficient (Wildman–Crippen LogP) is 4.94. The number of anilines is 1. The van der Waals surface area contributed by atoms with E-state index in [1.165, 1.54) is 29.5 Å². The molecule has 0 saturated heterocycles. The molecule has 0 aliphatic carbocycles. The second-order valence-electron chi connectivity index (χ2n) is 5.14. The van der Waals surface area contributed by atoms with Crippen LogP contribution in [0.5, 0.6) is 0 Å². The van der Waals surface area contributed by atoms with Crippen LogP contribution in [0, 0.1) is 0 Å². The summed E-state index contributed by atoms with van der Waals surface area (Å²) >= 11 is 2.40. The van der Waals surface area contributed by atoms with Crippen molar-refractivity contribution >= 4 is 34.7 Å². The molecule has 1 amide bonds. The third-order valence-electron chi connectivity index (χ3n) is 3.28. The maximum absolute atomic E-state index is 13.0. The Labute approximate surface area is 154 Å². The summed E-state index contributed by atoms with van der Waals surface area (Å²) < 4.78 is 44.5. The monoisotopic (exact) mass is 399 g/mol. The van der Waals surface area contributed by atoms with Gasteiger partial charge in [-0.15, -0.1) is 21.5 Å². The molecule has 1 atom stereocenters. The number of amides is 1. The van der Waals surface area contributed by atoms with Crippen molar-refractivity contribution in [3.05, 3.63) is 47.3 Å². The second-order valence-corrected chi connectivity index (χ2v) is 7.38. The van der Waals surface area contributed by atoms with Crippen molar-refractivity contribution in [2.24, 2.45) is 0 Å². The Morgan fingerprint density at radius 3 is 2.69 bits per heavy atom. The summed E-state index contributed by atoms with van der Waals surface area (Å²) in [4.78, 5) is 13.0. The molecule has 0 spiro atoms. The number of carbonyl (C=O) groups excluding carboxylic acids is 1. The van der Waals surface area contributed by atoms with Gasteiger partial charge in [-0.2, -0.15) is 13.2 Å². The van der Waals surface area contributed by atoms with E-state index in [1.807, 2.05) is 17.5 Å². The van der Waals surface area contributed by atoms with Crippen LogP contribution in [0.3, 0.4) is 0 Å². The first kappa shape index (κ1) is 18.5. The Kier molecular flexibility index (Phi) is 5.33. The Hall–Kier alpha value is -2.33. The zero-order valence-corrected chi connectivity index (χ0v) is 14.9. The van der Waals surface area contributed by atoms with Crippen molar-refractivity contribution in [1.29, 1.82) is 0 Å². The molecule has 0 fully saturated rings. The van der Waals surface area contributed by atoms with Crippen molar-refractivity contribution in [2.75, 3.05) is 5.32 Å². The SMILES string of the molecule is C[C@@H](Sc1nnc(-c2cccs2)o1)C(=O)Nc1ccccc1C(F)(F)F. The zero-order valence-electron chi connectivity index (χ0n) is 13.3. The van der Waals surface area contributed by atoms with Crippen LogP contribution < -0.4 is 5.32 Å². The average molecular weight is 399 g/mol. The largest absolute Gasteiger partial charge is 0.418 e. The number of alkyl halides is 3. The summed E-state index contributed by atoms with van der Waals surface area (Å²) in [7, 11) is 0. The lowest BCUT2D eigenvalue weighted by Gasteiger charge is -2.15. The number of benzene rings is 1. The molecule has 1 N–H and O–H groups in total. The Bertz CT molecular complexity index is 894. The van der Waals surface area contributed by atoms with Gasteiger partial charge in [-0.1, -0.05) is 30.0 Å². The molecular formula is C16H12F3N3O2S2. The average Bonchev–Trinajstić information content (AvgIpc) is 3.25. The molecule has 3 aromatic rings. The van der Waals surface area contributed by atoms with Crippen molar-refractivity contribution in [2.45, 2.75) is 23.6 Å². The Morgan fingerprint density at radius 1 is 1.23 bits per heavy atom. The van der Waals surface area contributed by atoms with Gasteiger partial charge in [0.05, 0.1) is 21.4 Å². The van der Waals surface area contributed by atoms with Gasteiger partial charge in [0, 0.05) is 0 Å². The van der Waals surface area contributed by atoms with Crippen LogP contribution in [-0.2, 0) is 11.0 Å². The first-order chi connectivity index (χ1) is 12.3. The molecule has 1 aromatic carbocycles. The summed E-state index contributed by atoms with van der Waals surface area (Å²) in [5.41, 5.74) is -1.19. The fraction of sp³-hybridized carbons (Fsp3) is 0.188. The minimum absolute atomic E-state index is 0.167. The molecule has 0 unspecified atom stereocenters. The maximum atomic E-state index is 13.0. The van der Waals surface area contributed by atoms with Crippen LogP contribution in [0.2, 0.25) is 0 Å². The molecule has 2 heterocycles. The van der Waals surface area contributed by atoms with Crippen molar-refractivity contribution in [3.8, 4) is 10.8 Å². The first-order valence-electron chi connectivity index (χ1n) is 7.35. The van der Waals surface area contributed by atoms with E-state index >= 15 is 0 Å². The highest BCUT2D eigenvalue weighted by Gasteiger charge is 2.34.